The van der Waals surface area contributed by atoms with E-state index in [1.165, 1.54) is 24.3 Å². The van der Waals surface area contributed by atoms with Crippen molar-refractivity contribution in [3.8, 4) is 0 Å². The van der Waals surface area contributed by atoms with Crippen LogP contribution in [0.15, 0.2) is 72.8 Å². The Labute approximate surface area is 206 Å². The highest BCUT2D eigenvalue weighted by molar-refractivity contribution is 5.88. The van der Waals surface area contributed by atoms with E-state index in [1.54, 1.807) is 0 Å². The van der Waals surface area contributed by atoms with Crippen LogP contribution in [0.25, 0.3) is 0 Å². The van der Waals surface area contributed by atoms with Crippen molar-refractivity contribution in [3.63, 3.8) is 0 Å². The van der Waals surface area contributed by atoms with Gasteiger partial charge in [0.1, 0.15) is 17.2 Å². The van der Waals surface area contributed by atoms with Crippen molar-refractivity contribution in [3.05, 3.63) is 95.6 Å². The summed E-state index contributed by atoms with van der Waals surface area (Å²) in [6, 6.07) is 13.5. The fraction of sp³-hybridized carbons (Fsp3) is 0.414. The number of benzene rings is 2. The molecule has 184 valence electrons. The van der Waals surface area contributed by atoms with Crippen LogP contribution in [0, 0.1) is 17.6 Å². The van der Waals surface area contributed by atoms with Crippen molar-refractivity contribution in [2.24, 2.45) is 5.92 Å². The molecule has 5 rings (SSSR count). The molecule has 1 spiro atoms. The molecular formula is C29H33F2N3O. The molecule has 6 heteroatoms. The molecule has 2 aromatic carbocycles. The van der Waals surface area contributed by atoms with Gasteiger partial charge in [-0.15, -0.1) is 0 Å². The minimum absolute atomic E-state index is 0.0541. The van der Waals surface area contributed by atoms with Gasteiger partial charge in [0.25, 0.3) is 0 Å². The molecule has 35 heavy (non-hydrogen) atoms. The zero-order valence-electron chi connectivity index (χ0n) is 20.2. The molecule has 2 saturated heterocycles. The Balaban J connectivity index is 1.27. The summed E-state index contributed by atoms with van der Waals surface area (Å²) in [6.07, 6.45) is 11.0. The molecule has 1 aliphatic carbocycles. The maximum atomic E-state index is 13.5. The van der Waals surface area contributed by atoms with E-state index in [4.69, 9.17) is 0 Å². The molecule has 2 atom stereocenters. The molecule has 1 amide bonds. The molecule has 4 nitrogen and oxygen atoms in total. The summed E-state index contributed by atoms with van der Waals surface area (Å²) in [6.45, 7) is 5.37. The third kappa shape index (κ3) is 4.82. The lowest BCUT2D eigenvalue weighted by Gasteiger charge is -2.46. The fourth-order valence-electron chi connectivity index (χ4n) is 5.98. The average Bonchev–Trinajstić information content (AvgIpc) is 3.18. The summed E-state index contributed by atoms with van der Waals surface area (Å²) in [5.74, 6) is 0.0610. The van der Waals surface area contributed by atoms with Crippen LogP contribution in [0.1, 0.15) is 43.2 Å². The second-order valence-corrected chi connectivity index (χ2v) is 10.1. The minimum atomic E-state index is -0.446. The highest BCUT2D eigenvalue weighted by Gasteiger charge is 2.52. The van der Waals surface area contributed by atoms with Crippen LogP contribution < -0.4 is 5.32 Å². The largest absolute Gasteiger partial charge is 0.342 e. The number of nitrogens with zero attached hydrogens (tertiary/aromatic N) is 2. The van der Waals surface area contributed by atoms with Crippen LogP contribution in [0.4, 0.5) is 8.78 Å². The number of carbonyl (C=O) groups excluding carboxylic acids is 1. The molecule has 2 aliphatic heterocycles. The molecule has 1 N–H and O–H groups in total. The van der Waals surface area contributed by atoms with Gasteiger partial charge < -0.3 is 10.2 Å². The molecule has 3 aliphatic rings. The van der Waals surface area contributed by atoms with Crippen molar-refractivity contribution in [2.45, 2.75) is 43.7 Å². The van der Waals surface area contributed by atoms with Crippen molar-refractivity contribution in [1.29, 1.82) is 0 Å². The average molecular weight is 478 g/mol. The first-order valence-corrected chi connectivity index (χ1v) is 12.6. The highest BCUT2D eigenvalue weighted by atomic mass is 19.1. The normalized spacial score (nSPS) is 24.4. The lowest BCUT2D eigenvalue weighted by Crippen LogP contribution is -2.59. The summed E-state index contributed by atoms with van der Waals surface area (Å²) in [5.41, 5.74) is 1.61. The van der Waals surface area contributed by atoms with E-state index in [0.29, 0.717) is 12.6 Å². The van der Waals surface area contributed by atoms with E-state index < -0.39 is 5.54 Å². The number of likely N-dealkylation sites (tertiary alicyclic amines) is 1. The number of nitrogens with one attached hydrogen (secondary N) is 1. The van der Waals surface area contributed by atoms with E-state index in [9.17, 15) is 13.6 Å². The number of hydrogen-bond acceptors (Lipinski definition) is 3. The summed E-state index contributed by atoms with van der Waals surface area (Å²) >= 11 is 0. The maximum Gasteiger partial charge on any atom is 0.241 e. The highest BCUT2D eigenvalue weighted by Crippen LogP contribution is 2.37. The van der Waals surface area contributed by atoms with Crippen LogP contribution in [0.5, 0.6) is 0 Å². The van der Waals surface area contributed by atoms with Crippen LogP contribution >= 0.6 is 0 Å². The zero-order valence-corrected chi connectivity index (χ0v) is 20.2. The van der Waals surface area contributed by atoms with Crippen molar-refractivity contribution in [1.82, 2.24) is 15.1 Å². The Morgan fingerprint density at radius 2 is 1.51 bits per heavy atom. The molecule has 2 heterocycles. The van der Waals surface area contributed by atoms with Crippen LogP contribution in [0.2, 0.25) is 0 Å². The standard InChI is InChI=1S/C29H33F2N3O/c1-21-4-2-3-5-27(21)34-20-32-28(35)29(34)15-18-33(19-16-29)17-14-26(22-6-10-24(30)11-7-22)23-8-12-25(31)13-9-23/h2-13,21,26-27H,14-20H2,1H3,(H,32,35). The molecule has 2 unspecified atom stereocenters. The van der Waals surface area contributed by atoms with Gasteiger partial charge in [-0.3, -0.25) is 9.69 Å². The van der Waals surface area contributed by atoms with Crippen molar-refractivity contribution >= 4 is 5.91 Å². The number of rotatable bonds is 6. The third-order valence-corrected chi connectivity index (χ3v) is 8.08. The summed E-state index contributed by atoms with van der Waals surface area (Å²) < 4.78 is 27.1. The predicted molar refractivity (Wildman–Crippen MR) is 134 cm³/mol. The first-order chi connectivity index (χ1) is 17.0. The number of carbonyl (C=O) groups is 1. The van der Waals surface area contributed by atoms with Crippen LogP contribution in [-0.4, -0.2) is 53.6 Å². The Hall–Kier alpha value is -2.83. The SMILES string of the molecule is CC1C=CC=CC1N1CNC(=O)C12CCN(CCC(c1ccc(F)cc1)c1ccc(F)cc1)CC2. The number of piperidine rings is 1. The number of halogens is 2. The molecule has 0 aromatic heterocycles. The van der Waals surface area contributed by atoms with Crippen molar-refractivity contribution < 1.29 is 13.6 Å². The predicted octanol–water partition coefficient (Wildman–Crippen LogP) is 4.84. The molecule has 0 radical (unpaired) electrons. The zero-order chi connectivity index (χ0) is 24.4. The first kappa shape index (κ1) is 23.9. The van der Waals surface area contributed by atoms with Gasteiger partial charge in [0, 0.05) is 25.0 Å². The van der Waals surface area contributed by atoms with Gasteiger partial charge >= 0.3 is 0 Å². The van der Waals surface area contributed by atoms with Crippen molar-refractivity contribution in [2.75, 3.05) is 26.3 Å². The van der Waals surface area contributed by atoms with E-state index in [1.807, 2.05) is 24.3 Å². The summed E-state index contributed by atoms with van der Waals surface area (Å²) in [5, 5.41) is 3.11. The van der Waals surface area contributed by atoms with Gasteiger partial charge in [0.05, 0.1) is 6.67 Å². The second kappa shape index (κ2) is 10.0. The van der Waals surface area contributed by atoms with Crippen LogP contribution in [0.3, 0.4) is 0 Å². The molecule has 2 fully saturated rings. The van der Waals surface area contributed by atoms with E-state index in [-0.39, 0.29) is 29.5 Å². The van der Waals surface area contributed by atoms with Gasteiger partial charge in [-0.2, -0.15) is 0 Å². The quantitative estimate of drug-likeness (QED) is 0.647. The lowest BCUT2D eigenvalue weighted by atomic mass is 9.82. The smallest absolute Gasteiger partial charge is 0.241 e. The van der Waals surface area contributed by atoms with Gasteiger partial charge in [0.15, 0.2) is 0 Å². The Kier molecular flexibility index (Phi) is 6.85. The molecule has 2 aromatic rings. The third-order valence-electron chi connectivity index (χ3n) is 8.08. The van der Waals surface area contributed by atoms with Gasteiger partial charge in [-0.1, -0.05) is 55.5 Å². The van der Waals surface area contributed by atoms with Gasteiger partial charge in [-0.25, -0.2) is 8.78 Å². The minimum Gasteiger partial charge on any atom is -0.342 e. The first-order valence-electron chi connectivity index (χ1n) is 12.6. The topological polar surface area (TPSA) is 35.6 Å². The second-order valence-electron chi connectivity index (χ2n) is 10.1. The van der Waals surface area contributed by atoms with Gasteiger partial charge in [0.2, 0.25) is 5.91 Å². The fourth-order valence-corrected chi connectivity index (χ4v) is 5.98. The lowest BCUT2D eigenvalue weighted by molar-refractivity contribution is -0.130. The number of amides is 1. The van der Waals surface area contributed by atoms with E-state index >= 15 is 0 Å². The van der Waals surface area contributed by atoms with Crippen LogP contribution in [-0.2, 0) is 4.79 Å². The number of allylic oxidation sites excluding steroid dienone is 2. The maximum absolute atomic E-state index is 13.5. The summed E-state index contributed by atoms with van der Waals surface area (Å²) in [7, 11) is 0. The van der Waals surface area contributed by atoms with E-state index in [0.717, 1.165) is 50.0 Å². The molecule has 0 bridgehead atoms. The number of hydrogen-bond donors (Lipinski definition) is 1. The Morgan fingerprint density at radius 3 is 2.09 bits per heavy atom. The Bertz CT molecular complexity index is 1040. The monoisotopic (exact) mass is 477 g/mol. The molecule has 0 saturated carbocycles. The molecular weight excluding hydrogens is 444 g/mol. The van der Waals surface area contributed by atoms with Gasteiger partial charge in [-0.05, 0) is 67.1 Å². The Morgan fingerprint density at radius 1 is 0.943 bits per heavy atom. The van der Waals surface area contributed by atoms with E-state index in [2.05, 4.69) is 46.3 Å². The summed E-state index contributed by atoms with van der Waals surface area (Å²) in [4.78, 5) is 17.8.